The molecule has 9 aromatic rings. The van der Waals surface area contributed by atoms with Crippen LogP contribution in [0.3, 0.4) is 0 Å². The summed E-state index contributed by atoms with van der Waals surface area (Å²) in [6.45, 7) is 0. The second kappa shape index (κ2) is 11.6. The molecule has 0 saturated carbocycles. The minimum atomic E-state index is -0.598. The van der Waals surface area contributed by atoms with Gasteiger partial charge in [-0.3, -0.25) is 0 Å². The summed E-state index contributed by atoms with van der Waals surface area (Å²) in [6, 6.07) is 72.7. The van der Waals surface area contributed by atoms with Gasteiger partial charge in [-0.2, -0.15) is 0 Å². The summed E-state index contributed by atoms with van der Waals surface area (Å²) in [4.78, 5) is 2.41. The minimum absolute atomic E-state index is 0.598. The molecule has 1 aliphatic heterocycles. The average Bonchev–Trinajstić information content (AvgIpc) is 3.51. The zero-order valence-electron chi connectivity index (χ0n) is 28.9. The van der Waals surface area contributed by atoms with Crippen molar-refractivity contribution < 1.29 is 4.74 Å². The van der Waals surface area contributed by atoms with Crippen LogP contribution in [0, 0.1) is 0 Å². The van der Waals surface area contributed by atoms with Crippen LogP contribution in [-0.2, 0) is 5.41 Å². The third-order valence-electron chi connectivity index (χ3n) is 11.3. The molecule has 1 aliphatic carbocycles. The van der Waals surface area contributed by atoms with Gasteiger partial charge in [-0.05, 0) is 103 Å². The van der Waals surface area contributed by atoms with Crippen LogP contribution >= 0.6 is 0 Å². The predicted octanol–water partition coefficient (Wildman–Crippen LogP) is 13.6. The molecule has 1 atom stereocenters. The highest BCUT2D eigenvalue weighted by molar-refractivity contribution is 5.98. The summed E-state index contributed by atoms with van der Waals surface area (Å²) in [5, 5.41) is 4.84. The summed E-state index contributed by atoms with van der Waals surface area (Å²) in [5.74, 6) is 1.80. The Morgan fingerprint density at radius 3 is 1.83 bits per heavy atom. The fraction of sp³-hybridized carbons (Fsp3) is 0.0196. The number of fused-ring (bicyclic) bond motifs is 12. The molecule has 248 valence electrons. The predicted molar refractivity (Wildman–Crippen MR) is 219 cm³/mol. The molecule has 0 N–H and O–H groups in total. The number of anilines is 3. The zero-order valence-corrected chi connectivity index (χ0v) is 28.9. The fourth-order valence-electron chi connectivity index (χ4n) is 9.00. The van der Waals surface area contributed by atoms with Crippen molar-refractivity contribution in [1.29, 1.82) is 0 Å². The minimum Gasteiger partial charge on any atom is -0.457 e. The van der Waals surface area contributed by atoms with Crippen LogP contribution < -0.4 is 9.64 Å². The van der Waals surface area contributed by atoms with Crippen molar-refractivity contribution in [3.8, 4) is 33.8 Å². The fourth-order valence-corrected chi connectivity index (χ4v) is 9.00. The summed E-state index contributed by atoms with van der Waals surface area (Å²) in [6.07, 6.45) is 0. The molecule has 2 heteroatoms. The van der Waals surface area contributed by atoms with Crippen LogP contribution in [0.1, 0.15) is 22.3 Å². The van der Waals surface area contributed by atoms with Crippen LogP contribution in [0.15, 0.2) is 200 Å². The molecule has 0 saturated heterocycles. The first-order chi connectivity index (χ1) is 26.3. The lowest BCUT2D eigenvalue weighted by Gasteiger charge is -2.40. The van der Waals surface area contributed by atoms with Gasteiger partial charge in [-0.15, -0.1) is 0 Å². The quantitative estimate of drug-likeness (QED) is 0.184. The molecule has 2 nitrogen and oxygen atoms in total. The molecular formula is C51H33NO. The largest absolute Gasteiger partial charge is 0.457 e. The van der Waals surface area contributed by atoms with Crippen molar-refractivity contribution >= 4 is 38.6 Å². The number of ether oxygens (including phenoxy) is 1. The standard InChI is InChI=1S/C51H33NO/c1-2-12-34(13-3-1)36-22-26-39(27-23-36)52(40-28-24-35-14-4-5-16-38(35)32-40)41-29-30-44-43-18-8-9-19-45(43)51(47(44)33-41)46-20-10-11-21-48(46)53-49-31-25-37-15-6-7-17-42(37)50(49)51/h1-33H. The van der Waals surface area contributed by atoms with E-state index in [4.69, 9.17) is 4.74 Å². The Hall–Kier alpha value is -6.90. The van der Waals surface area contributed by atoms with Crippen LogP contribution in [-0.4, -0.2) is 0 Å². The number of rotatable bonds is 4. The van der Waals surface area contributed by atoms with Crippen molar-refractivity contribution in [2.45, 2.75) is 5.41 Å². The maximum atomic E-state index is 6.80. The maximum Gasteiger partial charge on any atom is 0.132 e. The molecule has 0 aromatic heterocycles. The molecule has 0 amide bonds. The summed E-state index contributed by atoms with van der Waals surface area (Å²) in [5.41, 5.74) is 12.5. The molecule has 53 heavy (non-hydrogen) atoms. The van der Waals surface area contributed by atoms with Crippen molar-refractivity contribution in [2.24, 2.45) is 0 Å². The first kappa shape index (κ1) is 29.8. The first-order valence-electron chi connectivity index (χ1n) is 18.3. The Balaban J connectivity index is 1.20. The van der Waals surface area contributed by atoms with E-state index in [1.54, 1.807) is 0 Å². The second-order valence-corrected chi connectivity index (χ2v) is 14.1. The van der Waals surface area contributed by atoms with Gasteiger partial charge in [-0.1, -0.05) is 152 Å². The van der Waals surface area contributed by atoms with Crippen molar-refractivity contribution in [2.75, 3.05) is 4.90 Å². The molecule has 0 bridgehead atoms. The Kier molecular flexibility index (Phi) is 6.50. The van der Waals surface area contributed by atoms with Gasteiger partial charge in [0.2, 0.25) is 0 Å². The van der Waals surface area contributed by atoms with Gasteiger partial charge >= 0.3 is 0 Å². The maximum absolute atomic E-state index is 6.80. The highest BCUT2D eigenvalue weighted by Crippen LogP contribution is 2.64. The van der Waals surface area contributed by atoms with Crippen molar-refractivity contribution in [3.63, 3.8) is 0 Å². The SMILES string of the molecule is c1ccc(-c2ccc(N(c3ccc4c(c3)C3(c5ccccc5Oc5ccc6ccccc6c53)c3ccccc3-4)c3ccc4ccccc4c3)cc2)cc1. The summed E-state index contributed by atoms with van der Waals surface area (Å²) < 4.78 is 6.80. The van der Waals surface area contributed by atoms with Crippen LogP contribution in [0.4, 0.5) is 17.1 Å². The van der Waals surface area contributed by atoms with Crippen molar-refractivity contribution in [3.05, 3.63) is 222 Å². The van der Waals surface area contributed by atoms with Gasteiger partial charge in [0.15, 0.2) is 0 Å². The van der Waals surface area contributed by atoms with Crippen LogP contribution in [0.2, 0.25) is 0 Å². The topological polar surface area (TPSA) is 12.5 Å². The highest BCUT2D eigenvalue weighted by atomic mass is 16.5. The zero-order chi connectivity index (χ0) is 34.9. The molecule has 11 rings (SSSR count). The lowest BCUT2D eigenvalue weighted by Crippen LogP contribution is -2.32. The van der Waals surface area contributed by atoms with Crippen LogP contribution in [0.5, 0.6) is 11.5 Å². The Bertz CT molecular complexity index is 2870. The highest BCUT2D eigenvalue weighted by Gasteiger charge is 2.52. The third kappa shape index (κ3) is 4.39. The second-order valence-electron chi connectivity index (χ2n) is 14.1. The van der Waals surface area contributed by atoms with E-state index in [2.05, 4.69) is 205 Å². The van der Waals surface area contributed by atoms with Crippen LogP contribution in [0.25, 0.3) is 43.8 Å². The summed E-state index contributed by atoms with van der Waals surface area (Å²) >= 11 is 0. The van der Waals surface area contributed by atoms with Gasteiger partial charge in [0.1, 0.15) is 11.5 Å². The van der Waals surface area contributed by atoms with Gasteiger partial charge in [0, 0.05) is 28.2 Å². The van der Waals surface area contributed by atoms with E-state index in [1.807, 2.05) is 0 Å². The number of benzene rings is 9. The Labute approximate surface area is 308 Å². The first-order valence-corrected chi connectivity index (χ1v) is 18.3. The monoisotopic (exact) mass is 675 g/mol. The molecule has 1 heterocycles. The molecule has 2 aliphatic rings. The van der Waals surface area contributed by atoms with E-state index >= 15 is 0 Å². The van der Waals surface area contributed by atoms with Gasteiger partial charge < -0.3 is 9.64 Å². The smallest absolute Gasteiger partial charge is 0.132 e. The lowest BCUT2D eigenvalue weighted by molar-refractivity contribution is 0.438. The number of hydrogen-bond acceptors (Lipinski definition) is 2. The number of nitrogens with zero attached hydrogens (tertiary/aromatic N) is 1. The van der Waals surface area contributed by atoms with Crippen molar-refractivity contribution in [1.82, 2.24) is 0 Å². The van der Waals surface area contributed by atoms with E-state index < -0.39 is 5.41 Å². The number of hydrogen-bond donors (Lipinski definition) is 0. The number of para-hydroxylation sites is 1. The van der Waals surface area contributed by atoms with Gasteiger partial charge in [0.05, 0.1) is 5.41 Å². The average molecular weight is 676 g/mol. The molecule has 0 fully saturated rings. The molecular weight excluding hydrogens is 643 g/mol. The van der Waals surface area contributed by atoms with Gasteiger partial charge in [-0.25, -0.2) is 0 Å². The van der Waals surface area contributed by atoms with E-state index in [0.29, 0.717) is 0 Å². The Morgan fingerprint density at radius 1 is 0.358 bits per heavy atom. The van der Waals surface area contributed by atoms with E-state index in [0.717, 1.165) is 34.1 Å². The van der Waals surface area contributed by atoms with E-state index in [1.165, 1.54) is 60.5 Å². The third-order valence-corrected chi connectivity index (χ3v) is 11.3. The lowest BCUT2D eigenvalue weighted by atomic mass is 9.65. The molecule has 1 unspecified atom stereocenters. The molecule has 9 aromatic carbocycles. The normalized spacial score (nSPS) is 15.0. The molecule has 1 spiro atoms. The van der Waals surface area contributed by atoms with Gasteiger partial charge in [0.25, 0.3) is 0 Å². The molecule has 0 radical (unpaired) electrons. The van der Waals surface area contributed by atoms with E-state index in [9.17, 15) is 0 Å². The Morgan fingerprint density at radius 2 is 0.962 bits per heavy atom. The summed E-state index contributed by atoms with van der Waals surface area (Å²) in [7, 11) is 0. The van der Waals surface area contributed by atoms with E-state index in [-0.39, 0.29) is 0 Å².